The van der Waals surface area contributed by atoms with E-state index in [2.05, 4.69) is 10.2 Å². The van der Waals surface area contributed by atoms with Crippen LogP contribution >= 0.6 is 0 Å². The minimum absolute atomic E-state index is 0.175. The monoisotopic (exact) mass is 362 g/mol. The molecule has 1 aromatic carbocycles. The van der Waals surface area contributed by atoms with Crippen LogP contribution in [0, 0.1) is 5.92 Å². The number of hydrogen-bond donors (Lipinski definition) is 1. The molecular weight excluding hydrogens is 336 g/mol. The van der Waals surface area contributed by atoms with E-state index in [-0.39, 0.29) is 23.9 Å². The quantitative estimate of drug-likeness (QED) is 0.744. The number of fused-ring (bicyclic) bond motifs is 1. The van der Waals surface area contributed by atoms with Crippen LogP contribution in [0.4, 0.5) is 5.69 Å². The summed E-state index contributed by atoms with van der Waals surface area (Å²) in [4.78, 5) is 26.7. The smallest absolute Gasteiger partial charge is 0.329 e. The number of carbonyl (C=O) groups excluding carboxylic acids is 2. The van der Waals surface area contributed by atoms with Crippen molar-refractivity contribution in [2.24, 2.45) is 5.92 Å². The fourth-order valence-electron chi connectivity index (χ4n) is 3.69. The fourth-order valence-corrected chi connectivity index (χ4v) is 3.69. The molecule has 3 rings (SSSR count). The SMILES string of the molecule is CCOC(=O)[C@H](Nc1ccc(OC)cc1)[C@@H](C)C1OC(=O)[C@@H]2CCCN12. The van der Waals surface area contributed by atoms with Crippen LogP contribution in [-0.2, 0) is 19.1 Å². The highest BCUT2D eigenvalue weighted by Gasteiger charge is 2.49. The summed E-state index contributed by atoms with van der Waals surface area (Å²) >= 11 is 0. The van der Waals surface area contributed by atoms with E-state index < -0.39 is 12.3 Å². The molecule has 4 atom stereocenters. The molecule has 1 aromatic rings. The Morgan fingerprint density at radius 2 is 2.12 bits per heavy atom. The van der Waals surface area contributed by atoms with Gasteiger partial charge in [-0.2, -0.15) is 0 Å². The molecular formula is C19H26N2O5. The summed E-state index contributed by atoms with van der Waals surface area (Å²) in [6, 6.07) is 6.53. The van der Waals surface area contributed by atoms with E-state index >= 15 is 0 Å². The lowest BCUT2D eigenvalue weighted by molar-refractivity contribution is -0.152. The number of cyclic esters (lactones) is 1. The van der Waals surface area contributed by atoms with E-state index in [4.69, 9.17) is 14.2 Å². The molecule has 2 heterocycles. The van der Waals surface area contributed by atoms with E-state index in [1.54, 1.807) is 14.0 Å². The van der Waals surface area contributed by atoms with Crippen molar-refractivity contribution < 1.29 is 23.8 Å². The molecule has 0 aromatic heterocycles. The van der Waals surface area contributed by atoms with Gasteiger partial charge < -0.3 is 19.5 Å². The van der Waals surface area contributed by atoms with Gasteiger partial charge in [-0.3, -0.25) is 9.69 Å². The second kappa shape index (κ2) is 7.95. The molecule has 2 aliphatic rings. The number of hydrogen-bond acceptors (Lipinski definition) is 7. The van der Waals surface area contributed by atoms with Crippen LogP contribution in [0.1, 0.15) is 26.7 Å². The van der Waals surface area contributed by atoms with E-state index in [0.717, 1.165) is 30.8 Å². The highest BCUT2D eigenvalue weighted by atomic mass is 16.6. The highest BCUT2D eigenvalue weighted by Crippen LogP contribution is 2.33. The van der Waals surface area contributed by atoms with Crippen LogP contribution in [0.5, 0.6) is 5.75 Å². The van der Waals surface area contributed by atoms with Gasteiger partial charge in [0.25, 0.3) is 0 Å². The van der Waals surface area contributed by atoms with Crippen LogP contribution in [-0.4, -0.2) is 55.4 Å². The summed E-state index contributed by atoms with van der Waals surface area (Å²) < 4.78 is 16.0. The topological polar surface area (TPSA) is 77.1 Å². The summed E-state index contributed by atoms with van der Waals surface area (Å²) in [6.07, 6.45) is 1.37. The summed E-state index contributed by atoms with van der Waals surface area (Å²) in [5.74, 6) is -0.0648. The van der Waals surface area contributed by atoms with Gasteiger partial charge in [0.2, 0.25) is 0 Å². The molecule has 2 fully saturated rings. The molecule has 1 unspecified atom stereocenters. The molecule has 2 aliphatic heterocycles. The average Bonchev–Trinajstić information content (AvgIpc) is 3.24. The number of benzene rings is 1. The van der Waals surface area contributed by atoms with Crippen molar-refractivity contribution >= 4 is 17.6 Å². The van der Waals surface area contributed by atoms with E-state index in [9.17, 15) is 9.59 Å². The normalized spacial score (nSPS) is 24.5. The third-order valence-corrected chi connectivity index (χ3v) is 5.06. The third kappa shape index (κ3) is 3.62. The number of anilines is 1. The number of carbonyl (C=O) groups is 2. The van der Waals surface area contributed by atoms with Gasteiger partial charge in [-0.05, 0) is 44.0 Å². The molecule has 0 aliphatic carbocycles. The molecule has 7 heteroatoms. The Morgan fingerprint density at radius 3 is 2.77 bits per heavy atom. The molecule has 0 saturated carbocycles. The van der Waals surface area contributed by atoms with Crippen LogP contribution < -0.4 is 10.1 Å². The van der Waals surface area contributed by atoms with Gasteiger partial charge in [0.1, 0.15) is 17.8 Å². The first-order valence-electron chi connectivity index (χ1n) is 9.08. The zero-order chi connectivity index (χ0) is 18.7. The Balaban J connectivity index is 1.78. The van der Waals surface area contributed by atoms with Crippen molar-refractivity contribution in [1.29, 1.82) is 0 Å². The first-order chi connectivity index (χ1) is 12.5. The summed E-state index contributed by atoms with van der Waals surface area (Å²) in [5, 5.41) is 3.24. The Kier molecular flexibility index (Phi) is 5.66. The minimum atomic E-state index is -0.625. The van der Waals surface area contributed by atoms with Gasteiger partial charge in [-0.15, -0.1) is 0 Å². The Hall–Kier alpha value is -2.28. The molecule has 0 spiro atoms. The van der Waals surface area contributed by atoms with Crippen molar-refractivity contribution in [3.63, 3.8) is 0 Å². The average molecular weight is 362 g/mol. The number of nitrogens with one attached hydrogen (secondary N) is 1. The van der Waals surface area contributed by atoms with E-state index in [0.29, 0.717) is 6.61 Å². The molecule has 26 heavy (non-hydrogen) atoms. The highest BCUT2D eigenvalue weighted by molar-refractivity contribution is 5.81. The number of rotatable bonds is 7. The van der Waals surface area contributed by atoms with Gasteiger partial charge in [-0.25, -0.2) is 4.79 Å². The largest absolute Gasteiger partial charge is 0.497 e. The molecule has 7 nitrogen and oxygen atoms in total. The first kappa shape index (κ1) is 18.5. The Labute approximate surface area is 153 Å². The first-order valence-corrected chi connectivity index (χ1v) is 9.08. The Bertz CT molecular complexity index is 648. The number of nitrogens with zero attached hydrogens (tertiary/aromatic N) is 1. The van der Waals surface area contributed by atoms with Crippen molar-refractivity contribution in [3.8, 4) is 5.75 Å². The van der Waals surface area contributed by atoms with Crippen LogP contribution in [0.3, 0.4) is 0 Å². The lowest BCUT2D eigenvalue weighted by atomic mass is 9.98. The molecule has 0 amide bonds. The minimum Gasteiger partial charge on any atom is -0.497 e. The Morgan fingerprint density at radius 1 is 1.38 bits per heavy atom. The maximum absolute atomic E-state index is 12.6. The van der Waals surface area contributed by atoms with Crippen molar-refractivity contribution in [2.75, 3.05) is 25.6 Å². The molecule has 0 radical (unpaired) electrons. The standard InChI is InChI=1S/C19H26N2O5/c1-4-25-19(23)16(20-13-7-9-14(24-3)10-8-13)12(2)17-21-11-5-6-15(21)18(22)26-17/h7-10,12,15-17,20H,4-6,11H2,1-3H3/t12-,15+,16-,17?/m1/s1. The van der Waals surface area contributed by atoms with Gasteiger partial charge in [0.05, 0.1) is 13.7 Å². The zero-order valence-corrected chi connectivity index (χ0v) is 15.4. The van der Waals surface area contributed by atoms with Crippen LogP contribution in [0.2, 0.25) is 0 Å². The second-order valence-corrected chi connectivity index (χ2v) is 6.68. The van der Waals surface area contributed by atoms with Crippen LogP contribution in [0.15, 0.2) is 24.3 Å². The van der Waals surface area contributed by atoms with Crippen molar-refractivity contribution in [2.45, 2.75) is 45.0 Å². The van der Waals surface area contributed by atoms with E-state index in [1.165, 1.54) is 0 Å². The van der Waals surface area contributed by atoms with Gasteiger partial charge in [0.15, 0.2) is 6.23 Å². The molecule has 2 saturated heterocycles. The number of methoxy groups -OCH3 is 1. The third-order valence-electron chi connectivity index (χ3n) is 5.06. The lowest BCUT2D eigenvalue weighted by Crippen LogP contribution is -2.47. The molecule has 1 N–H and O–H groups in total. The van der Waals surface area contributed by atoms with E-state index in [1.807, 2.05) is 31.2 Å². The van der Waals surface area contributed by atoms with Gasteiger partial charge in [0, 0.05) is 18.2 Å². The summed E-state index contributed by atoms with van der Waals surface area (Å²) in [7, 11) is 1.60. The number of esters is 2. The van der Waals surface area contributed by atoms with Crippen molar-refractivity contribution in [1.82, 2.24) is 4.90 Å². The summed E-state index contributed by atoms with van der Waals surface area (Å²) in [6.45, 7) is 4.79. The maximum atomic E-state index is 12.6. The number of ether oxygens (including phenoxy) is 3. The van der Waals surface area contributed by atoms with Crippen molar-refractivity contribution in [3.05, 3.63) is 24.3 Å². The molecule has 142 valence electrons. The zero-order valence-electron chi connectivity index (χ0n) is 15.4. The van der Waals surface area contributed by atoms with Gasteiger partial charge >= 0.3 is 11.9 Å². The predicted octanol–water partition coefficient (Wildman–Crippen LogP) is 2.02. The predicted molar refractivity (Wildman–Crippen MR) is 95.8 cm³/mol. The fraction of sp³-hybridized carbons (Fsp3) is 0.579. The molecule has 0 bridgehead atoms. The maximum Gasteiger partial charge on any atom is 0.329 e. The lowest BCUT2D eigenvalue weighted by Gasteiger charge is -2.31. The van der Waals surface area contributed by atoms with Crippen LogP contribution in [0.25, 0.3) is 0 Å². The summed E-state index contributed by atoms with van der Waals surface area (Å²) in [5.41, 5.74) is 0.776. The second-order valence-electron chi connectivity index (χ2n) is 6.68. The van der Waals surface area contributed by atoms with Gasteiger partial charge in [-0.1, -0.05) is 6.92 Å².